The van der Waals surface area contributed by atoms with E-state index in [0.717, 1.165) is 6.33 Å². The smallest absolute Gasteiger partial charge is 0.325 e. The minimum Gasteiger partial charge on any atom is -0.369 e. The second kappa shape index (κ2) is 11.6. The molecule has 45 heavy (non-hydrogen) atoms. The second-order valence-electron chi connectivity index (χ2n) is 10.2. The van der Waals surface area contributed by atoms with Crippen molar-refractivity contribution in [3.05, 3.63) is 28.7 Å². The van der Waals surface area contributed by atoms with E-state index in [4.69, 9.17) is 56.9 Å². The third-order valence-electron chi connectivity index (χ3n) is 7.37. The number of aromatic nitrogens is 6. The first-order valence-electron chi connectivity index (χ1n) is 13.1. The predicted octanol–water partition coefficient (Wildman–Crippen LogP) is 1.55. The van der Waals surface area contributed by atoms with Gasteiger partial charge in [-0.1, -0.05) is 12.2 Å². The number of hydrogen-bond acceptors (Lipinski definition) is 15. The van der Waals surface area contributed by atoms with E-state index < -0.39 is 80.4 Å². The summed E-state index contributed by atoms with van der Waals surface area (Å²) in [5, 5.41) is 0. The van der Waals surface area contributed by atoms with Crippen LogP contribution in [0, 0.1) is 0 Å². The number of Topliss-reactive ketones (excluding diaryl/α,β-unsaturated/α-hetero) is 1. The van der Waals surface area contributed by atoms with Gasteiger partial charge in [-0.3, -0.25) is 28.2 Å². The van der Waals surface area contributed by atoms with Gasteiger partial charge in [-0.25, -0.2) is 23.7 Å². The number of nitrogens with one attached hydrogen (secondary N) is 1. The van der Waals surface area contributed by atoms with Gasteiger partial charge < -0.3 is 33.7 Å². The van der Waals surface area contributed by atoms with E-state index in [1.807, 2.05) is 0 Å². The first-order chi connectivity index (χ1) is 21.3. The number of imidazole rings is 2. The SMILES string of the molecule is Nc1nc2c(ncn2[C@@H]2O[C@@H]3COP(=S)(S)O[C@H]4[C@H](F)[C@H](n5cnc6c5N=CCC6=O)O[C@@H]4COP(O)(=S)O[C@@H]2[C@@H]3F)c(=O)[nH]1. The molecule has 2 unspecified atom stereocenters. The number of alkyl halides is 2. The summed E-state index contributed by atoms with van der Waals surface area (Å²) in [6.45, 7) is -5.46. The Labute approximate surface area is 266 Å². The van der Waals surface area contributed by atoms with E-state index in [1.165, 1.54) is 21.7 Å². The van der Waals surface area contributed by atoms with Crippen LogP contribution in [0.25, 0.3) is 11.2 Å². The van der Waals surface area contributed by atoms with Crippen LogP contribution in [-0.4, -0.2) is 95.9 Å². The van der Waals surface area contributed by atoms with Crippen molar-refractivity contribution in [3.8, 4) is 0 Å². The van der Waals surface area contributed by atoms with Crippen molar-refractivity contribution in [1.29, 1.82) is 0 Å². The van der Waals surface area contributed by atoms with Crippen molar-refractivity contribution in [1.82, 2.24) is 29.1 Å². The molecule has 3 aromatic heterocycles. The minimum atomic E-state index is -4.32. The number of hydrogen-bond donors (Lipinski definition) is 4. The highest BCUT2D eigenvalue weighted by molar-refractivity contribution is 8.60. The number of H-pyrrole nitrogens is 1. The van der Waals surface area contributed by atoms with Gasteiger partial charge in [0.25, 0.3) is 5.56 Å². The topological polar surface area (TPSA) is 212 Å². The maximum Gasteiger partial charge on any atom is 0.325 e. The lowest BCUT2D eigenvalue weighted by Gasteiger charge is -2.28. The number of carbonyl (C=O) groups is 1. The van der Waals surface area contributed by atoms with Crippen LogP contribution in [0.15, 0.2) is 22.4 Å². The number of ether oxygens (including phenoxy) is 2. The molecular weight excluding hydrogens is 704 g/mol. The molecule has 0 radical (unpaired) electrons. The number of nitrogen functional groups attached to an aromatic ring is 1. The van der Waals surface area contributed by atoms with Gasteiger partial charge in [0, 0.05) is 12.6 Å². The average Bonchev–Trinajstić information content (AvgIpc) is 3.72. The first kappa shape index (κ1) is 31.5. The van der Waals surface area contributed by atoms with Crippen molar-refractivity contribution in [2.75, 3.05) is 18.9 Å². The van der Waals surface area contributed by atoms with Gasteiger partial charge in [-0.15, -0.1) is 0 Å². The van der Waals surface area contributed by atoms with E-state index in [0.29, 0.717) is 0 Å². The molecule has 7 heterocycles. The molecule has 0 saturated carbocycles. The Kier molecular flexibility index (Phi) is 8.10. The Morgan fingerprint density at radius 3 is 2.56 bits per heavy atom. The third kappa shape index (κ3) is 5.74. The summed E-state index contributed by atoms with van der Waals surface area (Å²) >= 11 is 14.9. The number of halogens is 2. The van der Waals surface area contributed by atoms with Gasteiger partial charge in [0.2, 0.25) is 11.6 Å². The molecule has 4 N–H and O–H groups in total. The van der Waals surface area contributed by atoms with E-state index in [-0.39, 0.29) is 40.8 Å². The molecule has 4 aliphatic rings. The van der Waals surface area contributed by atoms with Gasteiger partial charge in [0.15, 0.2) is 53.3 Å². The van der Waals surface area contributed by atoms with Crippen molar-refractivity contribution < 1.29 is 46.0 Å². The molecule has 7 rings (SSSR count). The zero-order valence-electron chi connectivity index (χ0n) is 22.4. The molecule has 10 atom stereocenters. The molecule has 242 valence electrons. The average molecular weight is 727 g/mol. The van der Waals surface area contributed by atoms with Crippen LogP contribution in [0.3, 0.4) is 0 Å². The fourth-order valence-electron chi connectivity index (χ4n) is 5.35. The lowest BCUT2D eigenvalue weighted by atomic mass is 10.1. The Balaban J connectivity index is 1.20. The maximum absolute atomic E-state index is 16.1. The van der Waals surface area contributed by atoms with Crippen molar-refractivity contribution in [2.45, 2.75) is 55.6 Å². The van der Waals surface area contributed by atoms with Crippen LogP contribution >= 0.6 is 24.7 Å². The molecule has 3 saturated heterocycles. The number of carbonyl (C=O) groups excluding carboxylic acids is 1. The lowest BCUT2D eigenvalue weighted by Crippen LogP contribution is -2.34. The minimum absolute atomic E-state index is 0.0457. The number of nitrogens with two attached hydrogens (primary N) is 1. The third-order valence-corrected chi connectivity index (χ3v) is 11.1. The standard InChI is InChI=1S/C21H22F2N8O9P2S3/c22-10-8-3-36-42(44,45)40-14-9(38-19(11(14)23)30-5-26-12-7(32)1-2-25-16(12)30)4-35-41(34,43)39-15(10)20(37-8)31-6-27-13-17(31)28-21(24)29-18(13)33/h2,5-6,8-11,14-15,19-20H,1,3-4H2,(H,34,43)(H,44,45)(H3,24,28,29,33)/t8-,9-,10-,11+,14-,15-,19-,20-,41?/m1/s1. The molecule has 3 aromatic rings. The predicted molar refractivity (Wildman–Crippen MR) is 161 cm³/mol. The number of thiol groups is 1. The van der Waals surface area contributed by atoms with Crippen molar-refractivity contribution in [3.63, 3.8) is 0 Å². The van der Waals surface area contributed by atoms with Crippen LogP contribution in [-0.2, 0) is 51.2 Å². The number of aromatic amines is 1. The lowest BCUT2D eigenvalue weighted by molar-refractivity contribution is -0.0571. The van der Waals surface area contributed by atoms with Gasteiger partial charge in [0.1, 0.15) is 24.4 Å². The van der Waals surface area contributed by atoms with Gasteiger partial charge in [-0.05, 0) is 23.6 Å². The van der Waals surface area contributed by atoms with Crippen LogP contribution in [0.2, 0.25) is 0 Å². The monoisotopic (exact) mass is 726 g/mol. The highest BCUT2D eigenvalue weighted by Crippen LogP contribution is 2.59. The molecule has 0 aliphatic carbocycles. The number of nitrogens with zero attached hydrogens (tertiary/aromatic N) is 6. The summed E-state index contributed by atoms with van der Waals surface area (Å²) in [6.07, 6.45) is -8.75. The molecular formula is C21H22F2N8O9P2S3. The number of ketones is 1. The van der Waals surface area contributed by atoms with Gasteiger partial charge in [-0.2, -0.15) is 4.98 Å². The van der Waals surface area contributed by atoms with Gasteiger partial charge >= 0.3 is 6.72 Å². The molecule has 3 fully saturated rings. The zero-order valence-corrected chi connectivity index (χ0v) is 26.7. The molecule has 0 spiro atoms. The van der Waals surface area contributed by atoms with E-state index in [1.54, 1.807) is 0 Å². The highest BCUT2D eigenvalue weighted by Gasteiger charge is 2.53. The number of aliphatic imine (C=N–C) groups is 1. The fourth-order valence-corrected chi connectivity index (χ4v) is 8.72. The van der Waals surface area contributed by atoms with E-state index in [2.05, 4.69) is 37.2 Å². The molecule has 4 aliphatic heterocycles. The zero-order chi connectivity index (χ0) is 31.8. The molecule has 2 bridgehead atoms. The summed E-state index contributed by atoms with van der Waals surface area (Å²) in [7, 11) is 0. The maximum atomic E-state index is 16.1. The highest BCUT2D eigenvalue weighted by atomic mass is 32.9. The summed E-state index contributed by atoms with van der Waals surface area (Å²) < 4.78 is 68.8. The quantitative estimate of drug-likeness (QED) is 0.218. The van der Waals surface area contributed by atoms with Gasteiger partial charge in [0.05, 0.1) is 25.9 Å². The van der Waals surface area contributed by atoms with Crippen LogP contribution in [0.4, 0.5) is 20.5 Å². The van der Waals surface area contributed by atoms with Crippen molar-refractivity contribution in [2.24, 2.45) is 4.99 Å². The first-order valence-corrected chi connectivity index (χ1v) is 19.5. The molecule has 17 nitrogen and oxygen atoms in total. The molecule has 0 amide bonds. The largest absolute Gasteiger partial charge is 0.369 e. The van der Waals surface area contributed by atoms with E-state index >= 15 is 8.78 Å². The van der Waals surface area contributed by atoms with Crippen LogP contribution in [0.5, 0.6) is 0 Å². The Morgan fingerprint density at radius 2 is 1.76 bits per heavy atom. The number of rotatable bonds is 2. The molecule has 24 heteroatoms. The number of anilines is 1. The number of fused-ring (bicyclic) bond motifs is 5. The normalized spacial score (nSPS) is 38.8. The summed E-state index contributed by atoms with van der Waals surface area (Å²) in [6, 6.07) is 0. The van der Waals surface area contributed by atoms with Crippen LogP contribution < -0.4 is 11.3 Å². The molecule has 0 aromatic carbocycles. The second-order valence-corrected chi connectivity index (χ2v) is 18.3. The fraction of sp³-hybridized carbons (Fsp3) is 0.524. The van der Waals surface area contributed by atoms with Crippen molar-refractivity contribution >= 4 is 83.2 Å². The Bertz CT molecular complexity index is 1880. The van der Waals surface area contributed by atoms with E-state index in [9.17, 15) is 14.5 Å². The van der Waals surface area contributed by atoms with Crippen LogP contribution in [0.1, 0.15) is 29.4 Å². The Morgan fingerprint density at radius 1 is 1.02 bits per heavy atom. The summed E-state index contributed by atoms with van der Waals surface area (Å²) in [5.74, 6) is -0.454. The Hall–Kier alpha value is -2.07. The summed E-state index contributed by atoms with van der Waals surface area (Å²) in [5.41, 5.74) is 1.27. The summed E-state index contributed by atoms with van der Waals surface area (Å²) in [4.78, 5) is 54.2.